The highest BCUT2D eigenvalue weighted by molar-refractivity contribution is 5.60. The number of hydrogen-bond acceptors (Lipinski definition) is 5. The first-order chi connectivity index (χ1) is 8.08. The van der Waals surface area contributed by atoms with E-state index >= 15 is 0 Å². The molecule has 0 aliphatic heterocycles. The van der Waals surface area contributed by atoms with Crippen molar-refractivity contribution in [3.63, 3.8) is 0 Å². The van der Waals surface area contributed by atoms with Gasteiger partial charge in [0, 0.05) is 12.7 Å². The lowest BCUT2D eigenvalue weighted by atomic mass is 10.2. The minimum Gasteiger partial charge on any atom is -0.368 e. The van der Waals surface area contributed by atoms with Crippen LogP contribution in [-0.4, -0.2) is 22.0 Å². The molecule has 0 aliphatic carbocycles. The van der Waals surface area contributed by atoms with Crippen molar-refractivity contribution in [2.75, 3.05) is 17.7 Å². The molecule has 1 heterocycles. The van der Waals surface area contributed by atoms with Crippen molar-refractivity contribution >= 4 is 17.6 Å². The summed E-state index contributed by atoms with van der Waals surface area (Å²) in [6.45, 7) is 3.84. The molecule has 5 heteroatoms. The van der Waals surface area contributed by atoms with Crippen molar-refractivity contribution < 1.29 is 0 Å². The highest BCUT2D eigenvalue weighted by atomic mass is 15.3. The molecule has 0 spiro atoms. The third-order valence-electron chi connectivity index (χ3n) is 2.53. The molecule has 17 heavy (non-hydrogen) atoms. The predicted molar refractivity (Wildman–Crippen MR) is 68.2 cm³/mol. The van der Waals surface area contributed by atoms with Crippen LogP contribution in [0.3, 0.4) is 0 Å². The summed E-state index contributed by atoms with van der Waals surface area (Å²) in [6, 6.07) is 8.05. The minimum absolute atomic E-state index is 0.243. The van der Waals surface area contributed by atoms with Gasteiger partial charge in [-0.3, -0.25) is 0 Å². The van der Waals surface area contributed by atoms with Gasteiger partial charge in [-0.25, -0.2) is 0 Å². The first kappa shape index (κ1) is 11.3. The molecule has 0 bridgehead atoms. The molecule has 0 aliphatic rings. The number of aromatic nitrogens is 3. The minimum atomic E-state index is 0.243. The van der Waals surface area contributed by atoms with E-state index in [0.717, 1.165) is 11.3 Å². The summed E-state index contributed by atoms with van der Waals surface area (Å²) in [5.41, 5.74) is 7.84. The molecule has 2 rings (SSSR count). The lowest BCUT2D eigenvalue weighted by Gasteiger charge is -2.19. The van der Waals surface area contributed by atoms with E-state index in [4.69, 9.17) is 5.73 Å². The zero-order valence-corrected chi connectivity index (χ0v) is 10.2. The number of aryl methyl sites for hydroxylation is 2. The van der Waals surface area contributed by atoms with Crippen molar-refractivity contribution in [1.29, 1.82) is 0 Å². The second-order valence-electron chi connectivity index (χ2n) is 3.89. The number of nitrogens with two attached hydrogens (primary N) is 1. The van der Waals surface area contributed by atoms with Crippen molar-refractivity contribution in [2.24, 2.45) is 0 Å². The smallest absolute Gasteiger partial charge is 0.234 e. The van der Waals surface area contributed by atoms with Gasteiger partial charge in [-0.15, -0.1) is 0 Å². The Balaban J connectivity index is 2.43. The van der Waals surface area contributed by atoms with Crippen LogP contribution >= 0.6 is 0 Å². The van der Waals surface area contributed by atoms with Crippen LogP contribution < -0.4 is 10.6 Å². The van der Waals surface area contributed by atoms with Crippen molar-refractivity contribution in [3.8, 4) is 0 Å². The highest BCUT2D eigenvalue weighted by Gasteiger charge is 2.10. The van der Waals surface area contributed by atoms with Crippen LogP contribution in [0.2, 0.25) is 0 Å². The van der Waals surface area contributed by atoms with Gasteiger partial charge in [0.1, 0.15) is 5.82 Å². The van der Waals surface area contributed by atoms with Gasteiger partial charge in [0.15, 0.2) is 0 Å². The summed E-state index contributed by atoms with van der Waals surface area (Å²) < 4.78 is 0. The maximum Gasteiger partial charge on any atom is 0.234 e. The molecule has 5 nitrogen and oxygen atoms in total. The summed E-state index contributed by atoms with van der Waals surface area (Å²) in [7, 11) is 1.91. The second kappa shape index (κ2) is 4.37. The molecule has 0 atom stereocenters. The molecule has 1 aromatic heterocycles. The number of benzene rings is 1. The fourth-order valence-electron chi connectivity index (χ4n) is 1.69. The van der Waals surface area contributed by atoms with Gasteiger partial charge in [0.05, 0.1) is 0 Å². The molecule has 0 radical (unpaired) electrons. The Morgan fingerprint density at radius 1 is 1.06 bits per heavy atom. The Hall–Kier alpha value is -2.17. The van der Waals surface area contributed by atoms with Gasteiger partial charge in [-0.2, -0.15) is 15.0 Å². The third-order valence-corrected chi connectivity index (χ3v) is 2.53. The fourth-order valence-corrected chi connectivity index (χ4v) is 1.69. The molecule has 2 aromatic rings. The van der Waals surface area contributed by atoms with Crippen LogP contribution in [0.5, 0.6) is 0 Å². The quantitative estimate of drug-likeness (QED) is 0.851. The first-order valence-electron chi connectivity index (χ1n) is 5.35. The zero-order chi connectivity index (χ0) is 12.4. The monoisotopic (exact) mass is 229 g/mol. The van der Waals surface area contributed by atoms with E-state index in [1.807, 2.05) is 43.1 Å². The van der Waals surface area contributed by atoms with Crippen LogP contribution in [0.25, 0.3) is 0 Å². The zero-order valence-electron chi connectivity index (χ0n) is 10.2. The Morgan fingerprint density at radius 3 is 2.41 bits per heavy atom. The molecule has 0 amide bonds. The molecule has 0 unspecified atom stereocenters. The molecule has 2 N–H and O–H groups in total. The molecule has 88 valence electrons. The third kappa shape index (κ3) is 2.33. The van der Waals surface area contributed by atoms with E-state index in [-0.39, 0.29) is 5.95 Å². The van der Waals surface area contributed by atoms with Gasteiger partial charge in [-0.05, 0) is 25.5 Å². The standard InChI is InChI=1S/C12H15N5/c1-8-6-4-5-7-10(8)17(3)12-15-9(2)14-11(13)16-12/h4-7H,1-3H3,(H2,13,14,15,16). The van der Waals surface area contributed by atoms with Crippen LogP contribution in [0, 0.1) is 13.8 Å². The number of nitrogen functional groups attached to an aromatic ring is 1. The van der Waals surface area contributed by atoms with Crippen LogP contribution in [-0.2, 0) is 0 Å². The number of hydrogen-bond donors (Lipinski definition) is 1. The largest absolute Gasteiger partial charge is 0.368 e. The van der Waals surface area contributed by atoms with Crippen molar-refractivity contribution in [2.45, 2.75) is 13.8 Å². The average Bonchev–Trinajstić information content (AvgIpc) is 2.27. The summed E-state index contributed by atoms with van der Waals surface area (Å²) >= 11 is 0. The summed E-state index contributed by atoms with van der Waals surface area (Å²) in [6.07, 6.45) is 0. The highest BCUT2D eigenvalue weighted by Crippen LogP contribution is 2.23. The number of anilines is 3. The van der Waals surface area contributed by atoms with Crippen LogP contribution in [0.1, 0.15) is 11.4 Å². The van der Waals surface area contributed by atoms with Gasteiger partial charge >= 0.3 is 0 Å². The van der Waals surface area contributed by atoms with E-state index in [2.05, 4.69) is 15.0 Å². The Labute approximate surface area is 100 Å². The van der Waals surface area contributed by atoms with Crippen molar-refractivity contribution in [1.82, 2.24) is 15.0 Å². The number of nitrogens with zero attached hydrogens (tertiary/aromatic N) is 4. The number of rotatable bonds is 2. The molecular weight excluding hydrogens is 214 g/mol. The summed E-state index contributed by atoms with van der Waals surface area (Å²) in [5, 5.41) is 0. The van der Waals surface area contributed by atoms with E-state index in [9.17, 15) is 0 Å². The lowest BCUT2D eigenvalue weighted by molar-refractivity contribution is 0.946. The maximum atomic E-state index is 5.62. The van der Waals surface area contributed by atoms with Gasteiger partial charge < -0.3 is 10.6 Å². The Bertz CT molecular complexity index is 518. The average molecular weight is 229 g/mol. The van der Waals surface area contributed by atoms with E-state index in [1.165, 1.54) is 0 Å². The lowest BCUT2D eigenvalue weighted by Crippen LogP contribution is -2.16. The van der Waals surface area contributed by atoms with Gasteiger partial charge in [0.25, 0.3) is 0 Å². The van der Waals surface area contributed by atoms with Gasteiger partial charge in [0.2, 0.25) is 11.9 Å². The van der Waals surface area contributed by atoms with Gasteiger partial charge in [-0.1, -0.05) is 18.2 Å². The molecule has 0 saturated heterocycles. The van der Waals surface area contributed by atoms with E-state index in [1.54, 1.807) is 6.92 Å². The van der Waals surface area contributed by atoms with E-state index < -0.39 is 0 Å². The summed E-state index contributed by atoms with van der Waals surface area (Å²) in [5.74, 6) is 1.42. The van der Waals surface area contributed by atoms with Crippen molar-refractivity contribution in [3.05, 3.63) is 35.7 Å². The Morgan fingerprint density at radius 2 is 1.76 bits per heavy atom. The Kier molecular flexibility index (Phi) is 2.91. The molecular formula is C12H15N5. The van der Waals surface area contributed by atoms with Crippen LogP contribution in [0.15, 0.2) is 24.3 Å². The molecule has 1 aromatic carbocycles. The molecule has 0 fully saturated rings. The molecule has 0 saturated carbocycles. The fraction of sp³-hybridized carbons (Fsp3) is 0.250. The second-order valence-corrected chi connectivity index (χ2v) is 3.89. The van der Waals surface area contributed by atoms with Crippen LogP contribution in [0.4, 0.5) is 17.6 Å². The maximum absolute atomic E-state index is 5.62. The SMILES string of the molecule is Cc1nc(N)nc(N(C)c2ccccc2C)n1. The topological polar surface area (TPSA) is 67.9 Å². The normalized spacial score (nSPS) is 10.3. The predicted octanol–water partition coefficient (Wildman–Crippen LogP) is 1.84. The number of para-hydroxylation sites is 1. The first-order valence-corrected chi connectivity index (χ1v) is 5.35. The summed E-state index contributed by atoms with van der Waals surface area (Å²) in [4.78, 5) is 14.3. The van der Waals surface area contributed by atoms with E-state index in [0.29, 0.717) is 11.8 Å².